The highest BCUT2D eigenvalue weighted by atomic mass is 32.1. The molecule has 1 aromatic carbocycles. The van der Waals surface area contributed by atoms with E-state index in [4.69, 9.17) is 4.74 Å². The lowest BCUT2D eigenvalue weighted by molar-refractivity contribution is -0.111. The summed E-state index contributed by atoms with van der Waals surface area (Å²) in [5.74, 6) is -0.179. The minimum atomic E-state index is -0.387. The Hall–Kier alpha value is -2.40. The maximum Gasteiger partial charge on any atom is 0.341 e. The number of rotatable bonds is 7. The molecular weight excluding hydrogens is 358 g/mol. The third-order valence-corrected chi connectivity index (χ3v) is 5.37. The molecule has 0 saturated carbocycles. The van der Waals surface area contributed by atoms with E-state index in [9.17, 15) is 9.59 Å². The second-order valence-electron chi connectivity index (χ2n) is 6.56. The topological polar surface area (TPSA) is 55.4 Å². The summed E-state index contributed by atoms with van der Waals surface area (Å²) in [6, 6.07) is 8.12. The maximum absolute atomic E-state index is 12.4. The molecule has 4 nitrogen and oxygen atoms in total. The molecule has 2 rings (SSSR count). The van der Waals surface area contributed by atoms with Gasteiger partial charge in [-0.25, -0.2) is 4.79 Å². The van der Waals surface area contributed by atoms with Crippen LogP contribution in [0.1, 0.15) is 65.5 Å². The highest BCUT2D eigenvalue weighted by Crippen LogP contribution is 2.34. The predicted octanol–water partition coefficient (Wildman–Crippen LogP) is 5.57. The van der Waals surface area contributed by atoms with Crippen LogP contribution in [0.5, 0.6) is 0 Å². The van der Waals surface area contributed by atoms with Crippen molar-refractivity contribution in [1.82, 2.24) is 0 Å². The maximum atomic E-state index is 12.4. The van der Waals surface area contributed by atoms with Gasteiger partial charge in [-0.2, -0.15) is 0 Å². The lowest BCUT2D eigenvalue weighted by atomic mass is 10.0. The Morgan fingerprint density at radius 3 is 2.41 bits per heavy atom. The summed E-state index contributed by atoms with van der Waals surface area (Å²) in [6.45, 7) is 10.3. The molecule has 0 aliphatic carbocycles. The summed E-state index contributed by atoms with van der Waals surface area (Å²) >= 11 is 1.41. The molecule has 0 aliphatic heterocycles. The molecule has 0 bridgehead atoms. The Bertz CT molecular complexity index is 832. The first-order chi connectivity index (χ1) is 12.9. The summed E-state index contributed by atoms with van der Waals surface area (Å²) in [4.78, 5) is 25.7. The van der Waals surface area contributed by atoms with Crippen molar-refractivity contribution in [1.29, 1.82) is 0 Å². The molecule has 0 atom stereocenters. The number of carbonyl (C=O) groups excluding carboxylic acids is 2. The third kappa shape index (κ3) is 5.30. The molecule has 5 heteroatoms. The molecular formula is C22H27NO3S. The van der Waals surface area contributed by atoms with Crippen molar-refractivity contribution in [2.45, 2.75) is 47.0 Å². The number of aryl methyl sites for hydroxylation is 1. The number of anilines is 1. The van der Waals surface area contributed by atoms with Crippen molar-refractivity contribution < 1.29 is 14.3 Å². The van der Waals surface area contributed by atoms with E-state index in [-0.39, 0.29) is 11.9 Å². The molecule has 0 unspecified atom stereocenters. The second-order valence-corrected chi connectivity index (χ2v) is 7.78. The van der Waals surface area contributed by atoms with Crippen LogP contribution >= 0.6 is 11.3 Å². The first kappa shape index (κ1) is 20.9. The summed E-state index contributed by atoms with van der Waals surface area (Å²) in [5, 5.41) is 3.39. The Morgan fingerprint density at radius 1 is 1.19 bits per heavy atom. The average Bonchev–Trinajstić information content (AvgIpc) is 2.95. The van der Waals surface area contributed by atoms with Crippen LogP contribution in [0.4, 0.5) is 5.00 Å². The Balaban J connectivity index is 2.16. The Labute approximate surface area is 165 Å². The van der Waals surface area contributed by atoms with E-state index in [1.807, 2.05) is 26.0 Å². The van der Waals surface area contributed by atoms with Gasteiger partial charge in [0.15, 0.2) is 0 Å². The largest absolute Gasteiger partial charge is 0.462 e. The predicted molar refractivity (Wildman–Crippen MR) is 113 cm³/mol. The van der Waals surface area contributed by atoms with E-state index in [1.165, 1.54) is 23.0 Å². The van der Waals surface area contributed by atoms with Crippen LogP contribution < -0.4 is 5.32 Å². The van der Waals surface area contributed by atoms with Gasteiger partial charge in [0, 0.05) is 11.0 Å². The smallest absolute Gasteiger partial charge is 0.341 e. The Morgan fingerprint density at radius 2 is 1.85 bits per heavy atom. The highest BCUT2D eigenvalue weighted by molar-refractivity contribution is 7.16. The number of amides is 1. The number of thiophene rings is 1. The number of ether oxygens (including phenoxy) is 1. The average molecular weight is 386 g/mol. The van der Waals surface area contributed by atoms with Crippen LogP contribution in [0.15, 0.2) is 30.3 Å². The molecule has 144 valence electrons. The zero-order valence-corrected chi connectivity index (χ0v) is 17.4. The van der Waals surface area contributed by atoms with Crippen LogP contribution in [0, 0.1) is 6.92 Å². The SMILES string of the molecule is CCOC(=O)c1c(NC(=O)/C=C/c2ccc(C(C)C)cc2)sc(C)c1CC. The lowest BCUT2D eigenvalue weighted by Crippen LogP contribution is -2.13. The van der Waals surface area contributed by atoms with Gasteiger partial charge in [0.05, 0.1) is 12.2 Å². The van der Waals surface area contributed by atoms with E-state index in [1.54, 1.807) is 13.0 Å². The zero-order chi connectivity index (χ0) is 20.0. The van der Waals surface area contributed by atoms with E-state index in [2.05, 4.69) is 31.3 Å². The first-order valence-corrected chi connectivity index (χ1v) is 10.1. The fourth-order valence-corrected chi connectivity index (χ4v) is 3.97. The molecule has 1 amide bonds. The molecule has 0 aliphatic rings. The molecule has 0 saturated heterocycles. The molecule has 1 N–H and O–H groups in total. The van der Waals surface area contributed by atoms with Gasteiger partial charge in [-0.15, -0.1) is 11.3 Å². The minimum Gasteiger partial charge on any atom is -0.462 e. The van der Waals surface area contributed by atoms with Crippen molar-refractivity contribution in [3.63, 3.8) is 0 Å². The summed E-state index contributed by atoms with van der Waals surface area (Å²) in [7, 11) is 0. The van der Waals surface area contributed by atoms with Gasteiger partial charge in [0.1, 0.15) is 5.00 Å². The minimum absolute atomic E-state index is 0.266. The van der Waals surface area contributed by atoms with Gasteiger partial charge in [0.2, 0.25) is 5.91 Å². The number of hydrogen-bond donors (Lipinski definition) is 1. The van der Waals surface area contributed by atoms with Gasteiger partial charge >= 0.3 is 5.97 Å². The fourth-order valence-electron chi connectivity index (χ4n) is 2.83. The molecule has 2 aromatic rings. The van der Waals surface area contributed by atoms with Crippen molar-refractivity contribution in [2.75, 3.05) is 11.9 Å². The summed E-state index contributed by atoms with van der Waals surface area (Å²) < 4.78 is 5.16. The quantitative estimate of drug-likeness (QED) is 0.501. The van der Waals surface area contributed by atoms with Gasteiger partial charge in [-0.05, 0) is 49.0 Å². The van der Waals surface area contributed by atoms with Crippen molar-refractivity contribution in [3.05, 3.63) is 57.5 Å². The van der Waals surface area contributed by atoms with Crippen LogP contribution in [0.2, 0.25) is 0 Å². The molecule has 1 aromatic heterocycles. The van der Waals surface area contributed by atoms with E-state index < -0.39 is 0 Å². The number of hydrogen-bond acceptors (Lipinski definition) is 4. The van der Waals surface area contributed by atoms with Crippen molar-refractivity contribution >= 4 is 34.3 Å². The number of carbonyl (C=O) groups is 2. The monoisotopic (exact) mass is 385 g/mol. The van der Waals surface area contributed by atoms with Crippen LogP contribution in [-0.2, 0) is 16.0 Å². The molecule has 0 spiro atoms. The molecule has 0 fully saturated rings. The van der Waals surface area contributed by atoms with Crippen LogP contribution in [0.3, 0.4) is 0 Å². The van der Waals surface area contributed by atoms with Gasteiger partial charge < -0.3 is 10.1 Å². The fraction of sp³-hybridized carbons (Fsp3) is 0.364. The first-order valence-electron chi connectivity index (χ1n) is 9.25. The Kier molecular flexibility index (Phi) is 7.36. The second kappa shape index (κ2) is 9.51. The zero-order valence-electron chi connectivity index (χ0n) is 16.6. The lowest BCUT2D eigenvalue weighted by Gasteiger charge is -2.07. The van der Waals surface area contributed by atoms with Crippen LogP contribution in [-0.4, -0.2) is 18.5 Å². The number of benzene rings is 1. The number of esters is 1. The van der Waals surface area contributed by atoms with Crippen molar-refractivity contribution in [3.8, 4) is 0 Å². The van der Waals surface area contributed by atoms with E-state index >= 15 is 0 Å². The third-order valence-electron chi connectivity index (χ3n) is 4.31. The van der Waals surface area contributed by atoms with E-state index in [0.717, 1.165) is 16.0 Å². The van der Waals surface area contributed by atoms with Crippen LogP contribution in [0.25, 0.3) is 6.08 Å². The van der Waals surface area contributed by atoms with E-state index in [0.29, 0.717) is 29.5 Å². The van der Waals surface area contributed by atoms with Gasteiger partial charge in [0.25, 0.3) is 0 Å². The molecule has 27 heavy (non-hydrogen) atoms. The summed E-state index contributed by atoms with van der Waals surface area (Å²) in [6.07, 6.45) is 3.97. The van der Waals surface area contributed by atoms with Gasteiger partial charge in [-0.1, -0.05) is 45.0 Å². The molecule has 0 radical (unpaired) electrons. The standard InChI is InChI=1S/C22H27NO3S/c1-6-18-15(5)27-21(20(18)22(25)26-7-2)23-19(24)13-10-16-8-11-17(12-9-16)14(3)4/h8-14H,6-7H2,1-5H3,(H,23,24)/b13-10+. The summed E-state index contributed by atoms with van der Waals surface area (Å²) in [5.41, 5.74) is 3.63. The highest BCUT2D eigenvalue weighted by Gasteiger charge is 2.22. The number of nitrogens with one attached hydrogen (secondary N) is 1. The normalized spacial score (nSPS) is 11.2. The molecule has 1 heterocycles. The van der Waals surface area contributed by atoms with Gasteiger partial charge in [-0.3, -0.25) is 4.79 Å². The van der Waals surface area contributed by atoms with Crippen molar-refractivity contribution in [2.24, 2.45) is 0 Å².